The van der Waals surface area contributed by atoms with Crippen molar-refractivity contribution in [3.63, 3.8) is 0 Å². The summed E-state index contributed by atoms with van der Waals surface area (Å²) in [7, 11) is 0. The van der Waals surface area contributed by atoms with Crippen LogP contribution in [0.1, 0.15) is 33.2 Å². The van der Waals surface area contributed by atoms with Gasteiger partial charge in [-0.15, -0.1) is 0 Å². The first-order chi connectivity index (χ1) is 18.2. The SMILES string of the molecule is N#Cc1ccn(-c2ccccc2Oc2ccccc2)c1C(=O)NC(Cc1ccccc1)c1ccccc1. The van der Waals surface area contributed by atoms with Gasteiger partial charge in [0.1, 0.15) is 17.5 Å². The molecular weight excluding hydrogens is 458 g/mol. The minimum Gasteiger partial charge on any atom is -0.455 e. The van der Waals surface area contributed by atoms with Crippen molar-refractivity contribution in [2.24, 2.45) is 0 Å². The fourth-order valence-electron chi connectivity index (χ4n) is 4.33. The molecule has 180 valence electrons. The van der Waals surface area contributed by atoms with E-state index in [9.17, 15) is 10.1 Å². The van der Waals surface area contributed by atoms with Gasteiger partial charge in [-0.1, -0.05) is 91.0 Å². The van der Waals surface area contributed by atoms with E-state index in [-0.39, 0.29) is 17.6 Å². The van der Waals surface area contributed by atoms with E-state index in [1.54, 1.807) is 16.8 Å². The van der Waals surface area contributed by atoms with Gasteiger partial charge < -0.3 is 14.6 Å². The Kier molecular flexibility index (Phi) is 7.10. The first-order valence-electron chi connectivity index (χ1n) is 12.1. The summed E-state index contributed by atoms with van der Waals surface area (Å²) in [6.45, 7) is 0. The summed E-state index contributed by atoms with van der Waals surface area (Å²) >= 11 is 0. The number of nitriles is 1. The maximum absolute atomic E-state index is 13.8. The maximum atomic E-state index is 13.8. The van der Waals surface area contributed by atoms with Gasteiger partial charge >= 0.3 is 0 Å². The second-order valence-corrected chi connectivity index (χ2v) is 8.57. The second kappa shape index (κ2) is 11.1. The highest BCUT2D eigenvalue weighted by Crippen LogP contribution is 2.30. The van der Waals surface area contributed by atoms with Crippen molar-refractivity contribution in [2.75, 3.05) is 0 Å². The molecule has 5 heteroatoms. The maximum Gasteiger partial charge on any atom is 0.270 e. The Bertz CT molecular complexity index is 1520. The first kappa shape index (κ1) is 23.7. The lowest BCUT2D eigenvalue weighted by molar-refractivity contribution is 0.0929. The van der Waals surface area contributed by atoms with Crippen LogP contribution in [0.2, 0.25) is 0 Å². The number of nitrogens with zero attached hydrogens (tertiary/aromatic N) is 2. The van der Waals surface area contributed by atoms with Crippen LogP contribution in [0.15, 0.2) is 128 Å². The Labute approximate surface area is 216 Å². The minimum absolute atomic E-state index is 0.264. The molecule has 0 aliphatic rings. The van der Waals surface area contributed by atoms with E-state index in [0.717, 1.165) is 11.1 Å². The Morgan fingerprint density at radius 2 is 1.43 bits per heavy atom. The van der Waals surface area contributed by atoms with Crippen LogP contribution in [-0.2, 0) is 6.42 Å². The number of rotatable bonds is 8. The van der Waals surface area contributed by atoms with Crippen molar-refractivity contribution in [2.45, 2.75) is 12.5 Å². The predicted molar refractivity (Wildman–Crippen MR) is 144 cm³/mol. The van der Waals surface area contributed by atoms with Crippen molar-refractivity contribution in [3.05, 3.63) is 150 Å². The van der Waals surface area contributed by atoms with Gasteiger partial charge in [-0.25, -0.2) is 0 Å². The van der Waals surface area contributed by atoms with Gasteiger partial charge in [-0.3, -0.25) is 4.79 Å². The Balaban J connectivity index is 1.50. The molecule has 4 aromatic carbocycles. The van der Waals surface area contributed by atoms with E-state index in [4.69, 9.17) is 4.74 Å². The quantitative estimate of drug-likeness (QED) is 0.262. The number of aromatic nitrogens is 1. The van der Waals surface area contributed by atoms with Crippen molar-refractivity contribution in [3.8, 4) is 23.3 Å². The number of ether oxygens (including phenoxy) is 1. The zero-order valence-electron chi connectivity index (χ0n) is 20.1. The first-order valence-corrected chi connectivity index (χ1v) is 12.1. The van der Waals surface area contributed by atoms with Crippen molar-refractivity contribution < 1.29 is 9.53 Å². The number of hydrogen-bond donors (Lipinski definition) is 1. The largest absolute Gasteiger partial charge is 0.455 e. The van der Waals surface area contributed by atoms with E-state index in [1.165, 1.54) is 0 Å². The molecule has 0 bridgehead atoms. The molecule has 0 spiro atoms. The number of hydrogen-bond acceptors (Lipinski definition) is 3. The predicted octanol–water partition coefficient (Wildman–Crippen LogP) is 6.86. The molecule has 0 aliphatic heterocycles. The Morgan fingerprint density at radius 3 is 2.14 bits per heavy atom. The lowest BCUT2D eigenvalue weighted by Gasteiger charge is -2.21. The van der Waals surface area contributed by atoms with E-state index in [0.29, 0.717) is 29.2 Å². The van der Waals surface area contributed by atoms with E-state index in [1.807, 2.05) is 115 Å². The minimum atomic E-state index is -0.333. The summed E-state index contributed by atoms with van der Waals surface area (Å²) in [6.07, 6.45) is 2.35. The second-order valence-electron chi connectivity index (χ2n) is 8.57. The van der Waals surface area contributed by atoms with Crippen LogP contribution in [0.5, 0.6) is 11.5 Å². The number of carbonyl (C=O) groups excluding carboxylic acids is 1. The highest BCUT2D eigenvalue weighted by atomic mass is 16.5. The van der Waals surface area contributed by atoms with Gasteiger partial charge in [-0.05, 0) is 47.9 Å². The number of benzene rings is 4. The third-order valence-corrected chi connectivity index (χ3v) is 6.11. The summed E-state index contributed by atoms with van der Waals surface area (Å²) in [5.41, 5.74) is 3.31. The molecule has 1 amide bonds. The molecule has 0 radical (unpaired) electrons. The van der Waals surface area contributed by atoms with Gasteiger partial charge in [0.05, 0.1) is 17.3 Å². The monoisotopic (exact) mass is 483 g/mol. The molecule has 1 atom stereocenters. The van der Waals surface area contributed by atoms with Gasteiger partial charge in [0.15, 0.2) is 5.75 Å². The zero-order valence-corrected chi connectivity index (χ0v) is 20.1. The average Bonchev–Trinajstić information content (AvgIpc) is 3.39. The van der Waals surface area contributed by atoms with E-state index < -0.39 is 0 Å². The number of para-hydroxylation sites is 3. The van der Waals surface area contributed by atoms with E-state index in [2.05, 4.69) is 11.4 Å². The highest BCUT2D eigenvalue weighted by molar-refractivity contribution is 5.96. The van der Waals surface area contributed by atoms with Gasteiger partial charge in [-0.2, -0.15) is 5.26 Å². The summed E-state index contributed by atoms with van der Waals surface area (Å²) in [5.74, 6) is 0.924. The van der Waals surface area contributed by atoms with Gasteiger partial charge in [0.2, 0.25) is 0 Å². The fraction of sp³-hybridized carbons (Fsp3) is 0.0625. The molecule has 0 saturated heterocycles. The molecule has 1 unspecified atom stereocenters. The lowest BCUT2D eigenvalue weighted by atomic mass is 9.98. The molecule has 37 heavy (non-hydrogen) atoms. The van der Waals surface area contributed by atoms with Crippen molar-refractivity contribution >= 4 is 5.91 Å². The van der Waals surface area contributed by atoms with Crippen molar-refractivity contribution in [1.29, 1.82) is 5.26 Å². The van der Waals surface area contributed by atoms with Gasteiger partial charge in [0, 0.05) is 6.20 Å². The van der Waals surface area contributed by atoms with Gasteiger partial charge in [0.25, 0.3) is 5.91 Å². The molecule has 1 heterocycles. The summed E-state index contributed by atoms with van der Waals surface area (Å²) in [4.78, 5) is 13.8. The molecule has 0 fully saturated rings. The van der Waals surface area contributed by atoms with Crippen LogP contribution in [-0.4, -0.2) is 10.5 Å². The standard InChI is InChI=1S/C32H25N3O2/c33-23-26-20-21-35(29-18-10-11-19-30(29)37-27-16-8-3-9-17-27)31(26)32(36)34-28(25-14-6-2-7-15-25)22-24-12-4-1-5-13-24/h1-21,28H,22H2,(H,34,36). The average molecular weight is 484 g/mol. The number of amides is 1. The molecular formula is C32H25N3O2. The van der Waals surface area contributed by atoms with E-state index >= 15 is 0 Å². The Morgan fingerprint density at radius 1 is 0.811 bits per heavy atom. The molecule has 1 N–H and O–H groups in total. The molecule has 5 aromatic rings. The number of nitrogens with one attached hydrogen (secondary N) is 1. The smallest absolute Gasteiger partial charge is 0.270 e. The van der Waals surface area contributed by atoms with Crippen LogP contribution in [0.3, 0.4) is 0 Å². The topological polar surface area (TPSA) is 67.0 Å². The zero-order chi connectivity index (χ0) is 25.5. The van der Waals surface area contributed by atoms with Crippen LogP contribution in [0.4, 0.5) is 0 Å². The molecule has 0 saturated carbocycles. The Hall–Kier alpha value is -5.08. The van der Waals surface area contributed by atoms with Crippen LogP contribution in [0.25, 0.3) is 5.69 Å². The molecule has 5 nitrogen and oxygen atoms in total. The van der Waals surface area contributed by atoms with Crippen LogP contribution < -0.4 is 10.1 Å². The van der Waals surface area contributed by atoms with Crippen LogP contribution >= 0.6 is 0 Å². The molecule has 1 aromatic heterocycles. The third-order valence-electron chi connectivity index (χ3n) is 6.11. The van der Waals surface area contributed by atoms with Crippen LogP contribution in [0, 0.1) is 11.3 Å². The molecule has 5 rings (SSSR count). The lowest BCUT2D eigenvalue weighted by Crippen LogP contribution is -2.32. The normalized spacial score (nSPS) is 11.3. The van der Waals surface area contributed by atoms with Crippen molar-refractivity contribution in [1.82, 2.24) is 9.88 Å². The summed E-state index contributed by atoms with van der Waals surface area (Å²) in [6, 6.07) is 40.4. The summed E-state index contributed by atoms with van der Waals surface area (Å²) < 4.78 is 7.85. The third kappa shape index (κ3) is 5.44. The fourth-order valence-corrected chi connectivity index (χ4v) is 4.33. The molecule has 0 aliphatic carbocycles. The summed E-state index contributed by atoms with van der Waals surface area (Å²) in [5, 5.41) is 13.0. The number of carbonyl (C=O) groups is 1. The highest BCUT2D eigenvalue weighted by Gasteiger charge is 2.24.